The molecule has 5 heteroatoms. The summed E-state index contributed by atoms with van der Waals surface area (Å²) < 4.78 is 7.25. The summed E-state index contributed by atoms with van der Waals surface area (Å²) in [6, 6.07) is 18.4. The van der Waals surface area contributed by atoms with Crippen molar-refractivity contribution >= 4 is 16.9 Å². The van der Waals surface area contributed by atoms with Crippen LogP contribution in [0.15, 0.2) is 54.6 Å². The molecule has 0 bridgehead atoms. The highest BCUT2D eigenvalue weighted by Crippen LogP contribution is 2.27. The van der Waals surface area contributed by atoms with E-state index in [2.05, 4.69) is 29.2 Å². The minimum absolute atomic E-state index is 0.143. The largest absolute Gasteiger partial charge is 0.377 e. The van der Waals surface area contributed by atoms with Crippen molar-refractivity contribution in [2.24, 2.45) is 0 Å². The second-order valence-electron chi connectivity index (χ2n) is 6.77. The van der Waals surface area contributed by atoms with Gasteiger partial charge in [-0.1, -0.05) is 42.5 Å². The predicted octanol–water partition coefficient (Wildman–Crippen LogP) is 3.20. The van der Waals surface area contributed by atoms with E-state index in [9.17, 15) is 4.79 Å². The zero-order valence-electron chi connectivity index (χ0n) is 15.0. The molecule has 1 fully saturated rings. The first-order valence-electron chi connectivity index (χ1n) is 9.02. The molecule has 0 unspecified atom stereocenters. The molecule has 1 aliphatic rings. The molecule has 3 aromatic rings. The Morgan fingerprint density at radius 2 is 1.92 bits per heavy atom. The Morgan fingerprint density at radius 1 is 1.15 bits per heavy atom. The predicted molar refractivity (Wildman–Crippen MR) is 101 cm³/mol. The number of carbonyl (C=O) groups excluding carboxylic acids is 1. The quantitative estimate of drug-likeness (QED) is 0.711. The molecule has 5 nitrogen and oxygen atoms in total. The first-order chi connectivity index (χ1) is 12.8. The average Bonchev–Trinajstić information content (AvgIpc) is 3.29. The van der Waals surface area contributed by atoms with Crippen LogP contribution in [-0.2, 0) is 22.7 Å². The number of ether oxygens (including phenoxy) is 1. The summed E-state index contributed by atoms with van der Waals surface area (Å²) in [5.74, 6) is 1.36. The Labute approximate surface area is 153 Å². The number of aromatic nitrogens is 2. The molecule has 1 aromatic heterocycles. The van der Waals surface area contributed by atoms with Crippen LogP contribution in [0.4, 0.5) is 0 Å². The molecule has 1 aliphatic heterocycles. The first-order valence-corrected chi connectivity index (χ1v) is 9.02. The molecule has 0 radical (unpaired) electrons. The van der Waals surface area contributed by atoms with Crippen LogP contribution in [0.5, 0.6) is 0 Å². The van der Waals surface area contributed by atoms with E-state index in [4.69, 9.17) is 4.74 Å². The van der Waals surface area contributed by atoms with Gasteiger partial charge in [0.05, 0.1) is 11.0 Å². The van der Waals surface area contributed by atoms with E-state index < -0.39 is 0 Å². The van der Waals surface area contributed by atoms with Crippen LogP contribution in [0.2, 0.25) is 0 Å². The highest BCUT2D eigenvalue weighted by molar-refractivity contribution is 5.81. The lowest BCUT2D eigenvalue weighted by molar-refractivity contribution is -0.130. The summed E-state index contributed by atoms with van der Waals surface area (Å²) in [6.07, 6.45) is 1.02. The van der Waals surface area contributed by atoms with E-state index in [0.29, 0.717) is 19.1 Å². The number of para-hydroxylation sites is 2. The number of nitrogens with zero attached hydrogens (tertiary/aromatic N) is 3. The fraction of sp³-hybridized carbons (Fsp3) is 0.333. The monoisotopic (exact) mass is 349 g/mol. The van der Waals surface area contributed by atoms with Gasteiger partial charge in [0.1, 0.15) is 19.0 Å². The van der Waals surface area contributed by atoms with Gasteiger partial charge in [0, 0.05) is 26.1 Å². The molecule has 26 heavy (non-hydrogen) atoms. The molecule has 4 rings (SSSR count). The van der Waals surface area contributed by atoms with Gasteiger partial charge in [0.15, 0.2) is 0 Å². The van der Waals surface area contributed by atoms with Crippen molar-refractivity contribution in [3.63, 3.8) is 0 Å². The summed E-state index contributed by atoms with van der Waals surface area (Å²) in [6.45, 7) is 2.30. The van der Waals surface area contributed by atoms with E-state index in [1.807, 2.05) is 39.8 Å². The van der Waals surface area contributed by atoms with Crippen LogP contribution in [0.3, 0.4) is 0 Å². The van der Waals surface area contributed by atoms with Crippen molar-refractivity contribution in [1.29, 1.82) is 0 Å². The van der Waals surface area contributed by atoms with E-state index in [1.165, 1.54) is 5.56 Å². The fourth-order valence-electron chi connectivity index (χ4n) is 3.76. The van der Waals surface area contributed by atoms with Gasteiger partial charge in [-0.15, -0.1) is 0 Å². The van der Waals surface area contributed by atoms with Gasteiger partial charge in [-0.3, -0.25) is 4.79 Å². The van der Waals surface area contributed by atoms with Crippen molar-refractivity contribution < 1.29 is 9.53 Å². The molecule has 0 spiro atoms. The van der Waals surface area contributed by atoms with Crippen LogP contribution < -0.4 is 0 Å². The smallest absolute Gasteiger partial charge is 0.242 e. The number of amides is 1. The van der Waals surface area contributed by atoms with Crippen molar-refractivity contribution in [2.45, 2.75) is 25.5 Å². The Balaban J connectivity index is 1.52. The van der Waals surface area contributed by atoms with Crippen molar-refractivity contribution in [2.75, 3.05) is 20.2 Å². The van der Waals surface area contributed by atoms with Crippen molar-refractivity contribution in [3.8, 4) is 0 Å². The summed E-state index contributed by atoms with van der Waals surface area (Å²) in [4.78, 5) is 19.5. The van der Waals surface area contributed by atoms with Crippen molar-refractivity contribution in [1.82, 2.24) is 14.5 Å². The molecule has 0 saturated carbocycles. The highest BCUT2D eigenvalue weighted by atomic mass is 16.5. The number of benzene rings is 2. The van der Waals surface area contributed by atoms with Crippen LogP contribution in [0.1, 0.15) is 23.7 Å². The number of hydrogen-bond donors (Lipinski definition) is 0. The second kappa shape index (κ2) is 7.30. The maximum absolute atomic E-state index is 12.9. The Hall–Kier alpha value is -2.66. The Bertz CT molecular complexity index is 904. The van der Waals surface area contributed by atoms with Gasteiger partial charge in [0.2, 0.25) is 5.91 Å². The minimum atomic E-state index is 0.143. The van der Waals surface area contributed by atoms with Gasteiger partial charge in [-0.2, -0.15) is 0 Å². The van der Waals surface area contributed by atoms with Gasteiger partial charge < -0.3 is 14.2 Å². The van der Waals surface area contributed by atoms with Crippen molar-refractivity contribution in [3.05, 3.63) is 66.0 Å². The standard InChI is InChI=1S/C21H23N3O2/c1-26-15-20-22-18-9-5-6-10-19(18)24(20)14-21(25)23-12-11-17(13-23)16-7-3-2-4-8-16/h2-10,17H,11-15H2,1H3/t17-/m1/s1. The van der Waals surface area contributed by atoms with E-state index in [-0.39, 0.29) is 5.91 Å². The Morgan fingerprint density at radius 3 is 2.73 bits per heavy atom. The maximum Gasteiger partial charge on any atom is 0.242 e. The van der Waals surface area contributed by atoms with Crippen LogP contribution >= 0.6 is 0 Å². The first kappa shape index (κ1) is 16.8. The van der Waals surface area contributed by atoms with Crippen LogP contribution in [-0.4, -0.2) is 40.6 Å². The average molecular weight is 349 g/mol. The molecular weight excluding hydrogens is 326 g/mol. The molecule has 2 aromatic carbocycles. The van der Waals surface area contributed by atoms with Gasteiger partial charge in [-0.05, 0) is 24.1 Å². The fourth-order valence-corrected chi connectivity index (χ4v) is 3.76. The molecule has 0 aliphatic carbocycles. The third kappa shape index (κ3) is 3.22. The van der Waals surface area contributed by atoms with E-state index >= 15 is 0 Å². The highest BCUT2D eigenvalue weighted by Gasteiger charge is 2.28. The topological polar surface area (TPSA) is 47.4 Å². The molecule has 1 atom stereocenters. The Kier molecular flexibility index (Phi) is 4.71. The van der Waals surface area contributed by atoms with E-state index in [1.54, 1.807) is 7.11 Å². The number of hydrogen-bond acceptors (Lipinski definition) is 3. The molecule has 134 valence electrons. The SMILES string of the molecule is COCc1nc2ccccc2n1CC(=O)N1CC[C@@H](c2ccccc2)C1. The molecule has 2 heterocycles. The normalized spacial score (nSPS) is 17.1. The lowest BCUT2D eigenvalue weighted by atomic mass is 9.99. The molecular formula is C21H23N3O2. The zero-order valence-corrected chi connectivity index (χ0v) is 15.0. The minimum Gasteiger partial charge on any atom is -0.377 e. The van der Waals surface area contributed by atoms with Gasteiger partial charge in [0.25, 0.3) is 0 Å². The summed E-state index contributed by atoms with van der Waals surface area (Å²) in [7, 11) is 1.65. The van der Waals surface area contributed by atoms with E-state index in [0.717, 1.165) is 36.4 Å². The number of rotatable bonds is 5. The number of methoxy groups -OCH3 is 1. The maximum atomic E-state index is 12.9. The summed E-state index contributed by atoms with van der Waals surface area (Å²) in [5.41, 5.74) is 3.19. The second-order valence-corrected chi connectivity index (χ2v) is 6.77. The number of carbonyl (C=O) groups is 1. The molecule has 0 N–H and O–H groups in total. The number of fused-ring (bicyclic) bond motifs is 1. The lowest BCUT2D eigenvalue weighted by Crippen LogP contribution is -2.32. The molecule has 1 saturated heterocycles. The summed E-state index contributed by atoms with van der Waals surface area (Å²) >= 11 is 0. The lowest BCUT2D eigenvalue weighted by Gasteiger charge is -2.18. The van der Waals surface area contributed by atoms with Gasteiger partial charge in [-0.25, -0.2) is 4.98 Å². The zero-order chi connectivity index (χ0) is 17.9. The number of imidazole rings is 1. The van der Waals surface area contributed by atoms with Crippen LogP contribution in [0, 0.1) is 0 Å². The van der Waals surface area contributed by atoms with Gasteiger partial charge >= 0.3 is 0 Å². The third-order valence-electron chi connectivity index (χ3n) is 5.11. The number of likely N-dealkylation sites (tertiary alicyclic amines) is 1. The summed E-state index contributed by atoms with van der Waals surface area (Å²) in [5, 5.41) is 0. The van der Waals surface area contributed by atoms with Crippen LogP contribution in [0.25, 0.3) is 11.0 Å². The third-order valence-corrected chi connectivity index (χ3v) is 5.11. The molecule has 1 amide bonds.